The Kier molecular flexibility index (Phi) is 6.35. The molecule has 0 radical (unpaired) electrons. The van der Waals surface area contributed by atoms with E-state index in [2.05, 4.69) is 5.32 Å². The van der Waals surface area contributed by atoms with Crippen LogP contribution in [0.15, 0.2) is 47.4 Å². The molecule has 2 aromatic rings. The molecule has 0 saturated carbocycles. The first-order valence-corrected chi connectivity index (χ1v) is 8.53. The fourth-order valence-electron chi connectivity index (χ4n) is 2.25. The quantitative estimate of drug-likeness (QED) is 0.779. The van der Waals surface area contributed by atoms with Gasteiger partial charge in [-0.1, -0.05) is 6.07 Å². The molecule has 122 valence electrons. The molecule has 0 aromatic heterocycles. The van der Waals surface area contributed by atoms with Crippen LogP contribution < -0.4 is 14.8 Å². The highest BCUT2D eigenvalue weighted by Gasteiger charge is 2.09. The smallest absolute Gasteiger partial charge is 0.224 e. The van der Waals surface area contributed by atoms with Crippen LogP contribution in [0.25, 0.3) is 0 Å². The number of carbonyl (C=O) groups excluding carboxylic acids is 1. The van der Waals surface area contributed by atoms with Crippen molar-refractivity contribution in [1.82, 2.24) is 0 Å². The lowest BCUT2D eigenvalue weighted by atomic mass is 10.1. The van der Waals surface area contributed by atoms with Gasteiger partial charge in [-0.2, -0.15) is 0 Å². The van der Waals surface area contributed by atoms with Gasteiger partial charge >= 0.3 is 0 Å². The highest BCUT2D eigenvalue weighted by molar-refractivity contribution is 7.98. The Morgan fingerprint density at radius 1 is 1.13 bits per heavy atom. The SMILES string of the molecule is COc1ccc(OC)c(CCC(=O)Nc2cccc(SC)c2)c1. The average Bonchev–Trinajstić information content (AvgIpc) is 2.59. The van der Waals surface area contributed by atoms with Crippen LogP contribution >= 0.6 is 11.8 Å². The number of hydrogen-bond acceptors (Lipinski definition) is 4. The van der Waals surface area contributed by atoms with Gasteiger partial charge < -0.3 is 14.8 Å². The topological polar surface area (TPSA) is 47.6 Å². The van der Waals surface area contributed by atoms with Crippen LogP contribution in [-0.2, 0) is 11.2 Å². The molecule has 0 unspecified atom stereocenters. The second-order valence-electron chi connectivity index (χ2n) is 4.96. The summed E-state index contributed by atoms with van der Waals surface area (Å²) in [6, 6.07) is 13.4. The van der Waals surface area contributed by atoms with Gasteiger partial charge in [-0.25, -0.2) is 0 Å². The van der Waals surface area contributed by atoms with Crippen LogP contribution in [0, 0.1) is 0 Å². The molecule has 0 aliphatic heterocycles. The molecule has 0 aliphatic carbocycles. The summed E-state index contributed by atoms with van der Waals surface area (Å²) >= 11 is 1.65. The Morgan fingerprint density at radius 3 is 2.65 bits per heavy atom. The Labute approximate surface area is 141 Å². The first-order chi connectivity index (χ1) is 11.2. The maximum Gasteiger partial charge on any atom is 0.224 e. The summed E-state index contributed by atoms with van der Waals surface area (Å²) in [6.45, 7) is 0. The molecule has 4 nitrogen and oxygen atoms in total. The van der Waals surface area contributed by atoms with E-state index in [-0.39, 0.29) is 5.91 Å². The van der Waals surface area contributed by atoms with Gasteiger partial charge in [0.2, 0.25) is 5.91 Å². The lowest BCUT2D eigenvalue weighted by Gasteiger charge is -2.11. The fourth-order valence-corrected chi connectivity index (χ4v) is 2.71. The van der Waals surface area contributed by atoms with E-state index in [1.807, 2.05) is 48.7 Å². The summed E-state index contributed by atoms with van der Waals surface area (Å²) in [6.07, 6.45) is 2.98. The Bertz CT molecular complexity index is 673. The Hall–Kier alpha value is -2.14. The normalized spacial score (nSPS) is 10.2. The lowest BCUT2D eigenvalue weighted by Crippen LogP contribution is -2.12. The van der Waals surface area contributed by atoms with Crippen molar-refractivity contribution in [2.75, 3.05) is 25.8 Å². The third kappa shape index (κ3) is 4.93. The van der Waals surface area contributed by atoms with Gasteiger partial charge in [-0.15, -0.1) is 11.8 Å². The fraction of sp³-hybridized carbons (Fsp3) is 0.278. The van der Waals surface area contributed by atoms with Crippen LogP contribution in [-0.4, -0.2) is 26.4 Å². The van der Waals surface area contributed by atoms with E-state index in [1.54, 1.807) is 26.0 Å². The van der Waals surface area contributed by atoms with Crippen LogP contribution in [0.4, 0.5) is 5.69 Å². The number of methoxy groups -OCH3 is 2. The predicted octanol–water partition coefficient (Wildman–Crippen LogP) is 4.00. The van der Waals surface area contributed by atoms with Crippen LogP contribution in [0.1, 0.15) is 12.0 Å². The number of rotatable bonds is 7. The van der Waals surface area contributed by atoms with Gasteiger partial charge in [0.1, 0.15) is 11.5 Å². The maximum atomic E-state index is 12.1. The molecule has 0 heterocycles. The predicted molar refractivity (Wildman–Crippen MR) is 94.7 cm³/mol. The monoisotopic (exact) mass is 331 g/mol. The zero-order chi connectivity index (χ0) is 16.7. The van der Waals surface area contributed by atoms with Crippen molar-refractivity contribution < 1.29 is 14.3 Å². The summed E-state index contributed by atoms with van der Waals surface area (Å²) in [7, 11) is 3.25. The van der Waals surface area contributed by atoms with E-state index >= 15 is 0 Å². The minimum atomic E-state index is -0.0203. The zero-order valence-electron chi connectivity index (χ0n) is 13.6. The van der Waals surface area contributed by atoms with Gasteiger partial charge in [0, 0.05) is 17.0 Å². The largest absolute Gasteiger partial charge is 0.497 e. The van der Waals surface area contributed by atoms with Gasteiger partial charge in [0.15, 0.2) is 0 Å². The van der Waals surface area contributed by atoms with E-state index in [0.29, 0.717) is 12.8 Å². The zero-order valence-corrected chi connectivity index (χ0v) is 14.4. The molecule has 2 aromatic carbocycles. The molecule has 23 heavy (non-hydrogen) atoms. The van der Waals surface area contributed by atoms with Gasteiger partial charge in [-0.05, 0) is 54.6 Å². The van der Waals surface area contributed by atoms with Crippen LogP contribution in [0.5, 0.6) is 11.5 Å². The highest BCUT2D eigenvalue weighted by atomic mass is 32.2. The second-order valence-corrected chi connectivity index (χ2v) is 5.84. The van der Waals surface area contributed by atoms with Gasteiger partial charge in [0.25, 0.3) is 0 Å². The molecule has 2 rings (SSSR count). The number of hydrogen-bond donors (Lipinski definition) is 1. The van der Waals surface area contributed by atoms with Gasteiger partial charge in [0.05, 0.1) is 14.2 Å². The Morgan fingerprint density at radius 2 is 1.96 bits per heavy atom. The number of amides is 1. The molecule has 0 atom stereocenters. The van der Waals surface area contributed by atoms with E-state index in [4.69, 9.17) is 9.47 Å². The number of nitrogens with one attached hydrogen (secondary N) is 1. The molecule has 0 spiro atoms. The Balaban J connectivity index is 1.98. The second kappa shape index (κ2) is 8.48. The number of ether oxygens (including phenoxy) is 2. The summed E-state index contributed by atoms with van der Waals surface area (Å²) < 4.78 is 10.6. The number of benzene rings is 2. The minimum Gasteiger partial charge on any atom is -0.497 e. The van der Waals surface area contributed by atoms with Crippen molar-refractivity contribution >= 4 is 23.4 Å². The molecular formula is C18H21NO3S. The third-order valence-corrected chi connectivity index (χ3v) is 4.19. The van der Waals surface area contributed by atoms with E-state index in [9.17, 15) is 4.79 Å². The average molecular weight is 331 g/mol. The molecular weight excluding hydrogens is 310 g/mol. The molecule has 0 aliphatic rings. The third-order valence-electron chi connectivity index (χ3n) is 3.46. The number of aryl methyl sites for hydroxylation is 1. The first kappa shape index (κ1) is 17.2. The van der Waals surface area contributed by atoms with Crippen molar-refractivity contribution in [2.24, 2.45) is 0 Å². The molecule has 0 fully saturated rings. The van der Waals surface area contributed by atoms with Crippen LogP contribution in [0.3, 0.4) is 0 Å². The number of thioether (sulfide) groups is 1. The van der Waals surface area contributed by atoms with Crippen molar-refractivity contribution in [3.05, 3.63) is 48.0 Å². The molecule has 0 saturated heterocycles. The highest BCUT2D eigenvalue weighted by Crippen LogP contribution is 2.25. The van der Waals surface area contributed by atoms with Crippen LogP contribution in [0.2, 0.25) is 0 Å². The van der Waals surface area contributed by atoms with Crippen molar-refractivity contribution in [3.63, 3.8) is 0 Å². The number of carbonyl (C=O) groups is 1. The first-order valence-electron chi connectivity index (χ1n) is 7.31. The van der Waals surface area contributed by atoms with E-state index in [1.165, 1.54) is 0 Å². The molecule has 5 heteroatoms. The molecule has 1 amide bonds. The van der Waals surface area contributed by atoms with Crippen molar-refractivity contribution in [2.45, 2.75) is 17.7 Å². The van der Waals surface area contributed by atoms with Crippen molar-refractivity contribution in [1.29, 1.82) is 0 Å². The summed E-state index contributed by atoms with van der Waals surface area (Å²) in [4.78, 5) is 13.3. The molecule has 1 N–H and O–H groups in total. The summed E-state index contributed by atoms with van der Waals surface area (Å²) in [5, 5.41) is 2.93. The van der Waals surface area contributed by atoms with E-state index in [0.717, 1.165) is 27.6 Å². The van der Waals surface area contributed by atoms with E-state index < -0.39 is 0 Å². The molecule has 0 bridgehead atoms. The minimum absolute atomic E-state index is 0.0203. The standard InChI is InChI=1S/C18H21NO3S/c1-21-15-8-9-17(22-2)13(11-15)7-10-18(20)19-14-5-4-6-16(12-14)23-3/h4-6,8-9,11-12H,7,10H2,1-3H3,(H,19,20). The number of anilines is 1. The van der Waals surface area contributed by atoms with Crippen molar-refractivity contribution in [3.8, 4) is 11.5 Å². The lowest BCUT2D eigenvalue weighted by molar-refractivity contribution is -0.116. The maximum absolute atomic E-state index is 12.1. The van der Waals surface area contributed by atoms with Gasteiger partial charge in [-0.3, -0.25) is 4.79 Å². The summed E-state index contributed by atoms with van der Waals surface area (Å²) in [5.41, 5.74) is 1.78. The summed E-state index contributed by atoms with van der Waals surface area (Å²) in [5.74, 6) is 1.50.